The number of hydrogen-bond acceptors (Lipinski definition) is 8. The Bertz CT molecular complexity index is 1910. The van der Waals surface area contributed by atoms with E-state index in [9.17, 15) is 9.18 Å². The monoisotopic (exact) mass is 702 g/mol. The maximum atomic E-state index is 15.4. The van der Waals surface area contributed by atoms with Crippen LogP contribution in [0, 0.1) is 18.6 Å². The zero-order chi connectivity index (χ0) is 37.1. The molecule has 1 aliphatic rings. The summed E-state index contributed by atoms with van der Waals surface area (Å²) in [4.78, 5) is 20.4. The van der Waals surface area contributed by atoms with Crippen molar-refractivity contribution in [3.8, 4) is 28.1 Å². The molecule has 2 atom stereocenters. The SMILES string of the molecule is C=CCOC1(C)CCN(c2c([C@H](OC(C)(C)C)C(=O)OC)c(C)nc3cc(-c4cc(F)cc(-c5ccc(F)cc5O[C@@H](C)CC=C)c4)nn23)CC1. The van der Waals surface area contributed by atoms with Gasteiger partial charge in [-0.2, -0.15) is 9.61 Å². The van der Waals surface area contributed by atoms with Crippen LogP contribution >= 0.6 is 0 Å². The third-order valence-electron chi connectivity index (χ3n) is 8.90. The van der Waals surface area contributed by atoms with Gasteiger partial charge in [-0.3, -0.25) is 0 Å². The third-order valence-corrected chi connectivity index (χ3v) is 8.90. The second-order valence-electron chi connectivity index (χ2n) is 14.2. The highest BCUT2D eigenvalue weighted by Crippen LogP contribution is 2.40. The summed E-state index contributed by atoms with van der Waals surface area (Å²) in [6.45, 7) is 20.6. The first-order chi connectivity index (χ1) is 24.1. The van der Waals surface area contributed by atoms with Crippen LogP contribution in [0.2, 0.25) is 0 Å². The first kappa shape index (κ1) is 37.6. The summed E-state index contributed by atoms with van der Waals surface area (Å²) in [7, 11) is 1.33. The van der Waals surface area contributed by atoms with Crippen molar-refractivity contribution in [1.82, 2.24) is 14.6 Å². The van der Waals surface area contributed by atoms with Gasteiger partial charge in [-0.05, 0) is 90.3 Å². The van der Waals surface area contributed by atoms with Gasteiger partial charge < -0.3 is 23.8 Å². The number of carbonyl (C=O) groups excluding carboxylic acids is 1. The number of methoxy groups -OCH3 is 1. The quantitative estimate of drug-likeness (QED) is 0.101. The van der Waals surface area contributed by atoms with Gasteiger partial charge in [-0.25, -0.2) is 18.6 Å². The molecule has 0 bridgehead atoms. The molecule has 51 heavy (non-hydrogen) atoms. The number of nitrogens with zero attached hydrogens (tertiary/aromatic N) is 4. The van der Waals surface area contributed by atoms with Crippen molar-refractivity contribution in [2.24, 2.45) is 0 Å². The van der Waals surface area contributed by atoms with Gasteiger partial charge >= 0.3 is 5.97 Å². The summed E-state index contributed by atoms with van der Waals surface area (Å²) in [5.41, 5.74) is 2.52. The number of carbonyl (C=O) groups is 1. The molecule has 1 fully saturated rings. The zero-order valence-corrected chi connectivity index (χ0v) is 30.6. The van der Waals surface area contributed by atoms with E-state index < -0.39 is 29.3 Å². The molecule has 2 aromatic carbocycles. The Kier molecular flexibility index (Phi) is 11.3. The van der Waals surface area contributed by atoms with Gasteiger partial charge in [0.05, 0.1) is 42.3 Å². The van der Waals surface area contributed by atoms with Gasteiger partial charge in [-0.1, -0.05) is 12.2 Å². The van der Waals surface area contributed by atoms with Crippen LogP contribution in [0.3, 0.4) is 0 Å². The molecule has 1 aliphatic heterocycles. The van der Waals surface area contributed by atoms with Crippen LogP contribution in [-0.2, 0) is 19.0 Å². The number of fused-ring (bicyclic) bond motifs is 1. The molecule has 272 valence electrons. The smallest absolute Gasteiger partial charge is 0.339 e. The zero-order valence-electron chi connectivity index (χ0n) is 30.6. The van der Waals surface area contributed by atoms with Crippen LogP contribution in [0.15, 0.2) is 67.8 Å². The lowest BCUT2D eigenvalue weighted by molar-refractivity contribution is -0.164. The number of rotatable bonds is 13. The minimum Gasteiger partial charge on any atom is -0.490 e. The Morgan fingerprint density at radius 1 is 1.04 bits per heavy atom. The molecule has 5 rings (SSSR count). The Morgan fingerprint density at radius 2 is 1.75 bits per heavy atom. The molecule has 3 heterocycles. The molecule has 11 heteroatoms. The van der Waals surface area contributed by atoms with E-state index in [0.29, 0.717) is 89.8 Å². The fourth-order valence-electron chi connectivity index (χ4n) is 6.37. The standard InChI is InChI=1S/C40H48F2N4O5/c1-10-12-25(3)50-33-23-29(41)13-14-31(33)27-20-28(22-30(42)21-27)32-24-34-43-26(4)35(36(38(47)48-9)51-39(5,6)7)37(46(34)44-32)45-17-15-40(8,16-18-45)49-19-11-2/h10-11,13-14,20-25,36H,1-2,12,15-19H2,3-9H3/t25-,36-/m0/s1. The molecule has 0 aliphatic carbocycles. The average molecular weight is 703 g/mol. The number of esters is 1. The molecule has 0 radical (unpaired) electrons. The summed E-state index contributed by atoms with van der Waals surface area (Å²) in [5.74, 6) is -0.600. The number of halogens is 2. The molecule has 1 saturated heterocycles. The number of piperidine rings is 1. The lowest BCUT2D eigenvalue weighted by Crippen LogP contribution is -2.45. The molecule has 9 nitrogen and oxygen atoms in total. The third kappa shape index (κ3) is 8.65. The number of benzene rings is 2. The van der Waals surface area contributed by atoms with E-state index in [2.05, 4.69) is 25.0 Å². The summed E-state index contributed by atoms with van der Waals surface area (Å²) < 4.78 is 55.3. The van der Waals surface area contributed by atoms with Crippen LogP contribution in [0.5, 0.6) is 5.75 Å². The summed E-state index contributed by atoms with van der Waals surface area (Å²) >= 11 is 0. The summed E-state index contributed by atoms with van der Waals surface area (Å²) in [5, 5.41) is 4.99. The topological polar surface area (TPSA) is 87.4 Å². The van der Waals surface area contributed by atoms with Gasteiger partial charge in [0, 0.05) is 48.5 Å². The Labute approximate surface area is 298 Å². The normalized spacial score (nSPS) is 15.7. The molecule has 0 spiro atoms. The molecule has 2 aromatic heterocycles. The number of aromatic nitrogens is 3. The van der Waals surface area contributed by atoms with Crippen molar-refractivity contribution in [1.29, 1.82) is 0 Å². The molecular weight excluding hydrogens is 654 g/mol. The Balaban J connectivity index is 1.66. The molecular formula is C40H48F2N4O5. The van der Waals surface area contributed by atoms with E-state index in [4.69, 9.17) is 29.0 Å². The molecule has 0 unspecified atom stereocenters. The van der Waals surface area contributed by atoms with E-state index in [1.54, 1.807) is 34.9 Å². The number of ether oxygens (including phenoxy) is 4. The van der Waals surface area contributed by atoms with Crippen LogP contribution in [-0.4, -0.2) is 64.7 Å². The highest BCUT2D eigenvalue weighted by Gasteiger charge is 2.38. The molecule has 0 N–H and O–H groups in total. The lowest BCUT2D eigenvalue weighted by atomic mass is 9.92. The lowest BCUT2D eigenvalue weighted by Gasteiger charge is -2.41. The summed E-state index contributed by atoms with van der Waals surface area (Å²) in [6, 6.07) is 10.5. The van der Waals surface area contributed by atoms with Crippen molar-refractivity contribution in [2.45, 2.75) is 84.2 Å². The predicted octanol–water partition coefficient (Wildman–Crippen LogP) is 8.58. The van der Waals surface area contributed by atoms with Gasteiger partial charge in [0.15, 0.2) is 11.8 Å². The summed E-state index contributed by atoms with van der Waals surface area (Å²) in [6.07, 6.45) is 4.08. The average Bonchev–Trinajstić information content (AvgIpc) is 3.49. The van der Waals surface area contributed by atoms with Crippen LogP contribution < -0.4 is 9.64 Å². The van der Waals surface area contributed by atoms with Gasteiger partial charge in [0.1, 0.15) is 23.2 Å². The Morgan fingerprint density at radius 3 is 2.39 bits per heavy atom. The van der Waals surface area contributed by atoms with Crippen molar-refractivity contribution in [3.05, 3.63) is 90.7 Å². The van der Waals surface area contributed by atoms with Gasteiger partial charge in [-0.15, -0.1) is 13.2 Å². The molecule has 4 aromatic rings. The maximum Gasteiger partial charge on any atom is 0.339 e. The van der Waals surface area contributed by atoms with E-state index >= 15 is 4.39 Å². The van der Waals surface area contributed by atoms with Crippen LogP contribution in [0.4, 0.5) is 14.6 Å². The second-order valence-corrected chi connectivity index (χ2v) is 14.2. The van der Waals surface area contributed by atoms with Crippen LogP contribution in [0.25, 0.3) is 28.0 Å². The Hall–Kier alpha value is -4.61. The van der Waals surface area contributed by atoms with Crippen molar-refractivity contribution < 1.29 is 32.5 Å². The fourth-order valence-corrected chi connectivity index (χ4v) is 6.37. The first-order valence-electron chi connectivity index (χ1n) is 17.2. The van der Waals surface area contributed by atoms with E-state index in [1.165, 1.54) is 31.4 Å². The highest BCUT2D eigenvalue weighted by atomic mass is 19.1. The second kappa shape index (κ2) is 15.3. The molecule has 0 saturated carbocycles. The minimum absolute atomic E-state index is 0.270. The van der Waals surface area contributed by atoms with Gasteiger partial charge in [0.25, 0.3) is 0 Å². The highest BCUT2D eigenvalue weighted by molar-refractivity contribution is 5.81. The number of anilines is 1. The fraction of sp³-hybridized carbons (Fsp3) is 0.425. The van der Waals surface area contributed by atoms with E-state index in [1.807, 2.05) is 34.6 Å². The first-order valence-corrected chi connectivity index (χ1v) is 17.2. The van der Waals surface area contributed by atoms with Crippen molar-refractivity contribution in [3.63, 3.8) is 0 Å². The number of aryl methyl sites for hydroxylation is 1. The molecule has 0 amide bonds. The van der Waals surface area contributed by atoms with Crippen molar-refractivity contribution in [2.75, 3.05) is 31.7 Å². The predicted molar refractivity (Wildman–Crippen MR) is 195 cm³/mol. The minimum atomic E-state index is -1.10. The number of hydrogen-bond donors (Lipinski definition) is 0. The largest absolute Gasteiger partial charge is 0.490 e. The van der Waals surface area contributed by atoms with Crippen LogP contribution in [0.1, 0.15) is 71.2 Å². The maximum absolute atomic E-state index is 15.4. The van der Waals surface area contributed by atoms with Crippen molar-refractivity contribution >= 4 is 17.4 Å². The van der Waals surface area contributed by atoms with E-state index in [0.717, 1.165) is 0 Å². The van der Waals surface area contributed by atoms with E-state index in [-0.39, 0.29) is 11.7 Å². The van der Waals surface area contributed by atoms with Gasteiger partial charge in [0.2, 0.25) is 0 Å².